The van der Waals surface area contributed by atoms with Gasteiger partial charge in [0.25, 0.3) is 5.69 Å². The van der Waals surface area contributed by atoms with Crippen LogP contribution in [-0.2, 0) is 6.54 Å². The lowest BCUT2D eigenvalue weighted by atomic mass is 10.2. The molecule has 0 aliphatic heterocycles. The van der Waals surface area contributed by atoms with Gasteiger partial charge >= 0.3 is 0 Å². The first-order valence-corrected chi connectivity index (χ1v) is 7.37. The van der Waals surface area contributed by atoms with Crippen molar-refractivity contribution in [3.05, 3.63) is 70.4 Å². The van der Waals surface area contributed by atoms with Crippen LogP contribution < -0.4 is 10.1 Å². The Morgan fingerprint density at radius 2 is 2.04 bits per heavy atom. The Bertz CT molecular complexity index is 813. The fourth-order valence-electron chi connectivity index (χ4n) is 2.43. The van der Waals surface area contributed by atoms with Gasteiger partial charge in [-0.3, -0.25) is 10.1 Å². The first-order chi connectivity index (χ1) is 11.2. The summed E-state index contributed by atoms with van der Waals surface area (Å²) in [5, 5.41) is 15.0. The molecule has 118 valence electrons. The molecular weight excluding hydrogens is 294 g/mol. The van der Waals surface area contributed by atoms with E-state index in [9.17, 15) is 10.1 Å². The average molecular weight is 311 g/mol. The lowest BCUT2D eigenvalue weighted by Gasteiger charge is -2.08. The van der Waals surface area contributed by atoms with Crippen molar-refractivity contribution in [3.63, 3.8) is 0 Å². The standard InChI is InChI=1S/C17H17N3O3/c21-20(22)14-4-1-3-13(11-14)12-18-9-10-23-17-6-2-5-16-15(17)7-8-19-16/h1-8,11,18-19H,9-10,12H2. The van der Waals surface area contributed by atoms with Gasteiger partial charge in [-0.15, -0.1) is 0 Å². The molecule has 2 aromatic carbocycles. The maximum Gasteiger partial charge on any atom is 0.269 e. The van der Waals surface area contributed by atoms with Crippen LogP contribution >= 0.6 is 0 Å². The van der Waals surface area contributed by atoms with Crippen molar-refractivity contribution in [1.82, 2.24) is 10.3 Å². The van der Waals surface area contributed by atoms with Crippen molar-refractivity contribution in [2.75, 3.05) is 13.2 Å². The molecular formula is C17H17N3O3. The number of nitrogens with zero attached hydrogens (tertiary/aromatic N) is 1. The van der Waals surface area contributed by atoms with E-state index in [0.29, 0.717) is 19.7 Å². The molecule has 3 aromatic rings. The Morgan fingerprint density at radius 3 is 2.91 bits per heavy atom. The molecule has 0 radical (unpaired) electrons. The molecule has 23 heavy (non-hydrogen) atoms. The summed E-state index contributed by atoms with van der Waals surface area (Å²) in [6, 6.07) is 14.5. The third-order valence-corrected chi connectivity index (χ3v) is 3.54. The number of aromatic amines is 1. The molecule has 0 atom stereocenters. The number of nitro benzene ring substituents is 1. The van der Waals surface area contributed by atoms with Crippen LogP contribution in [0.4, 0.5) is 5.69 Å². The number of hydrogen-bond acceptors (Lipinski definition) is 4. The molecule has 6 nitrogen and oxygen atoms in total. The van der Waals surface area contributed by atoms with Crippen molar-refractivity contribution in [2.45, 2.75) is 6.54 Å². The van der Waals surface area contributed by atoms with Crippen molar-refractivity contribution < 1.29 is 9.66 Å². The van der Waals surface area contributed by atoms with Gasteiger partial charge in [0.1, 0.15) is 12.4 Å². The Morgan fingerprint density at radius 1 is 1.17 bits per heavy atom. The van der Waals surface area contributed by atoms with E-state index in [-0.39, 0.29) is 10.6 Å². The Kier molecular flexibility index (Phi) is 4.54. The molecule has 3 rings (SSSR count). The Labute approximate surface area is 133 Å². The molecule has 1 heterocycles. The van der Waals surface area contributed by atoms with E-state index in [2.05, 4.69) is 10.3 Å². The van der Waals surface area contributed by atoms with Gasteiger partial charge in [0.2, 0.25) is 0 Å². The summed E-state index contributed by atoms with van der Waals surface area (Å²) in [6.07, 6.45) is 1.89. The number of aromatic nitrogens is 1. The van der Waals surface area contributed by atoms with Gasteiger partial charge in [0, 0.05) is 42.3 Å². The number of ether oxygens (including phenoxy) is 1. The van der Waals surface area contributed by atoms with Gasteiger partial charge in [-0.05, 0) is 23.8 Å². The topological polar surface area (TPSA) is 80.2 Å². The fraction of sp³-hybridized carbons (Fsp3) is 0.176. The lowest BCUT2D eigenvalue weighted by Crippen LogP contribution is -2.20. The SMILES string of the molecule is O=[N+]([O-])c1cccc(CNCCOc2cccc3[nH]ccc23)c1. The van der Waals surface area contributed by atoms with Crippen LogP contribution in [-0.4, -0.2) is 23.1 Å². The number of H-pyrrole nitrogens is 1. The average Bonchev–Trinajstić information content (AvgIpc) is 3.04. The number of non-ortho nitro benzene ring substituents is 1. The highest BCUT2D eigenvalue weighted by atomic mass is 16.6. The summed E-state index contributed by atoms with van der Waals surface area (Å²) in [7, 11) is 0. The number of nitro groups is 1. The number of benzene rings is 2. The van der Waals surface area contributed by atoms with E-state index in [1.165, 1.54) is 6.07 Å². The quantitative estimate of drug-likeness (QED) is 0.399. The molecule has 6 heteroatoms. The van der Waals surface area contributed by atoms with Crippen molar-refractivity contribution in [2.24, 2.45) is 0 Å². The molecule has 0 fully saturated rings. The van der Waals surface area contributed by atoms with Gasteiger partial charge < -0.3 is 15.0 Å². The summed E-state index contributed by atoms with van der Waals surface area (Å²) in [4.78, 5) is 13.5. The summed E-state index contributed by atoms with van der Waals surface area (Å²) >= 11 is 0. The molecule has 0 saturated heterocycles. The Balaban J connectivity index is 1.48. The maximum absolute atomic E-state index is 10.7. The second-order valence-corrected chi connectivity index (χ2v) is 5.15. The predicted octanol–water partition coefficient (Wildman–Crippen LogP) is 3.24. The molecule has 0 saturated carbocycles. The van der Waals surface area contributed by atoms with Crippen molar-refractivity contribution >= 4 is 16.6 Å². The summed E-state index contributed by atoms with van der Waals surface area (Å²) in [6.45, 7) is 1.75. The second-order valence-electron chi connectivity index (χ2n) is 5.15. The zero-order chi connectivity index (χ0) is 16.1. The third-order valence-electron chi connectivity index (χ3n) is 3.54. The zero-order valence-electron chi connectivity index (χ0n) is 12.5. The molecule has 0 amide bonds. The minimum atomic E-state index is -0.385. The third kappa shape index (κ3) is 3.67. The maximum atomic E-state index is 10.7. The summed E-state index contributed by atoms with van der Waals surface area (Å²) < 4.78 is 5.79. The molecule has 0 aliphatic carbocycles. The fourth-order valence-corrected chi connectivity index (χ4v) is 2.43. The van der Waals surface area contributed by atoms with Gasteiger partial charge in [-0.25, -0.2) is 0 Å². The molecule has 0 bridgehead atoms. The molecule has 0 aliphatic rings. The first-order valence-electron chi connectivity index (χ1n) is 7.37. The predicted molar refractivity (Wildman–Crippen MR) is 88.6 cm³/mol. The largest absolute Gasteiger partial charge is 0.492 e. The Hall–Kier alpha value is -2.86. The highest BCUT2D eigenvalue weighted by Gasteiger charge is 2.05. The van der Waals surface area contributed by atoms with E-state index < -0.39 is 0 Å². The van der Waals surface area contributed by atoms with Crippen molar-refractivity contribution in [3.8, 4) is 5.75 Å². The van der Waals surface area contributed by atoms with Crippen LogP contribution in [0, 0.1) is 10.1 Å². The summed E-state index contributed by atoms with van der Waals surface area (Å²) in [5.74, 6) is 0.848. The van der Waals surface area contributed by atoms with Crippen LogP contribution in [0.1, 0.15) is 5.56 Å². The van der Waals surface area contributed by atoms with Crippen LogP contribution in [0.3, 0.4) is 0 Å². The molecule has 0 unspecified atom stereocenters. The van der Waals surface area contributed by atoms with Gasteiger partial charge in [0.05, 0.1) is 4.92 Å². The zero-order valence-corrected chi connectivity index (χ0v) is 12.5. The van der Waals surface area contributed by atoms with Crippen LogP contribution in [0.25, 0.3) is 10.9 Å². The highest BCUT2D eigenvalue weighted by Crippen LogP contribution is 2.24. The minimum Gasteiger partial charge on any atom is -0.492 e. The first kappa shape index (κ1) is 15.1. The van der Waals surface area contributed by atoms with E-state index >= 15 is 0 Å². The number of rotatable bonds is 7. The van der Waals surface area contributed by atoms with Gasteiger partial charge in [-0.2, -0.15) is 0 Å². The van der Waals surface area contributed by atoms with Crippen molar-refractivity contribution in [1.29, 1.82) is 0 Å². The minimum absolute atomic E-state index is 0.111. The van der Waals surface area contributed by atoms with Crippen LogP contribution in [0.5, 0.6) is 5.75 Å². The molecule has 2 N–H and O–H groups in total. The summed E-state index contributed by atoms with van der Waals surface area (Å²) in [5.41, 5.74) is 2.04. The number of fused-ring (bicyclic) bond motifs is 1. The smallest absolute Gasteiger partial charge is 0.269 e. The molecule has 0 spiro atoms. The monoisotopic (exact) mass is 311 g/mol. The number of nitrogens with one attached hydrogen (secondary N) is 2. The van der Waals surface area contributed by atoms with E-state index in [4.69, 9.17) is 4.74 Å². The number of hydrogen-bond donors (Lipinski definition) is 2. The van der Waals surface area contributed by atoms with E-state index in [0.717, 1.165) is 22.2 Å². The second kappa shape index (κ2) is 6.93. The highest BCUT2D eigenvalue weighted by molar-refractivity contribution is 5.85. The van der Waals surface area contributed by atoms with Crippen LogP contribution in [0.2, 0.25) is 0 Å². The van der Waals surface area contributed by atoms with E-state index in [1.54, 1.807) is 12.1 Å². The van der Waals surface area contributed by atoms with Crippen LogP contribution in [0.15, 0.2) is 54.7 Å². The lowest BCUT2D eigenvalue weighted by molar-refractivity contribution is -0.384. The van der Waals surface area contributed by atoms with Gasteiger partial charge in [0.15, 0.2) is 0 Å². The normalized spacial score (nSPS) is 10.8. The van der Waals surface area contributed by atoms with Gasteiger partial charge in [-0.1, -0.05) is 18.2 Å². The van der Waals surface area contributed by atoms with E-state index in [1.807, 2.05) is 36.5 Å². The molecule has 1 aromatic heterocycles.